The van der Waals surface area contributed by atoms with Gasteiger partial charge in [-0.2, -0.15) is 11.8 Å². The van der Waals surface area contributed by atoms with Crippen molar-refractivity contribution in [2.75, 3.05) is 23.4 Å². The molecule has 1 aromatic rings. The quantitative estimate of drug-likeness (QED) is 0.890. The summed E-state index contributed by atoms with van der Waals surface area (Å²) in [5.74, 6) is 1.82. The highest BCUT2D eigenvalue weighted by molar-refractivity contribution is 7.99. The summed E-state index contributed by atoms with van der Waals surface area (Å²) in [4.78, 5) is 16.1. The van der Waals surface area contributed by atoms with Crippen LogP contribution in [-0.2, 0) is 0 Å². The van der Waals surface area contributed by atoms with Crippen molar-refractivity contribution in [2.45, 2.75) is 25.8 Å². The molecule has 1 aliphatic heterocycles. The van der Waals surface area contributed by atoms with Crippen molar-refractivity contribution < 1.29 is 9.18 Å². The van der Waals surface area contributed by atoms with Crippen LogP contribution in [-0.4, -0.2) is 35.0 Å². The van der Waals surface area contributed by atoms with Crippen molar-refractivity contribution in [3.63, 3.8) is 0 Å². The lowest BCUT2D eigenvalue weighted by atomic mass is 10.1. The van der Waals surface area contributed by atoms with Gasteiger partial charge in [0, 0.05) is 12.6 Å². The van der Waals surface area contributed by atoms with Gasteiger partial charge in [-0.15, -0.1) is 0 Å². The van der Waals surface area contributed by atoms with Gasteiger partial charge in [0.25, 0.3) is 5.91 Å². The third-order valence-corrected chi connectivity index (χ3v) is 4.05. The largest absolute Gasteiger partial charge is 0.370 e. The van der Waals surface area contributed by atoms with Crippen LogP contribution >= 0.6 is 11.8 Å². The molecular weight excluding hydrogens is 265 g/mol. The number of carbonyl (C=O) groups excluding carboxylic acids is 1. The molecular formula is C13H18FN3OS. The lowest BCUT2D eigenvalue weighted by Crippen LogP contribution is -2.37. The minimum Gasteiger partial charge on any atom is -0.370 e. The maximum atomic E-state index is 13.3. The van der Waals surface area contributed by atoms with Gasteiger partial charge in [0.1, 0.15) is 11.6 Å². The Morgan fingerprint density at radius 2 is 2.26 bits per heavy atom. The van der Waals surface area contributed by atoms with E-state index in [-0.39, 0.29) is 17.5 Å². The Labute approximate surface area is 116 Å². The molecule has 0 aliphatic carbocycles. The molecule has 2 rings (SSSR count). The first kappa shape index (κ1) is 14.1. The third-order valence-electron chi connectivity index (χ3n) is 3.00. The molecule has 2 heterocycles. The number of pyridine rings is 1. The van der Waals surface area contributed by atoms with Gasteiger partial charge in [-0.05, 0) is 37.3 Å². The monoisotopic (exact) mass is 283 g/mol. The highest BCUT2D eigenvalue weighted by Gasteiger charge is 2.19. The molecule has 1 amide bonds. The standard InChI is InChI=1S/C13H18FN3OS/c1-2-15-12-11(7-9(14)8-16-12)13(18)17-10-3-5-19-6-4-10/h7-8,10H,2-6H2,1H3,(H,15,16)(H,17,18). The summed E-state index contributed by atoms with van der Waals surface area (Å²) in [7, 11) is 0. The van der Waals surface area contributed by atoms with Crippen molar-refractivity contribution in [1.29, 1.82) is 0 Å². The number of nitrogens with one attached hydrogen (secondary N) is 2. The van der Waals surface area contributed by atoms with Crippen LogP contribution in [0.25, 0.3) is 0 Å². The molecule has 1 saturated heterocycles. The number of carbonyl (C=O) groups is 1. The zero-order chi connectivity index (χ0) is 13.7. The second-order valence-electron chi connectivity index (χ2n) is 4.44. The van der Waals surface area contributed by atoms with Crippen molar-refractivity contribution in [2.24, 2.45) is 0 Å². The lowest BCUT2D eigenvalue weighted by molar-refractivity contribution is 0.0935. The fraction of sp³-hybridized carbons (Fsp3) is 0.538. The average molecular weight is 283 g/mol. The van der Waals surface area contributed by atoms with Crippen LogP contribution in [0, 0.1) is 5.82 Å². The van der Waals surface area contributed by atoms with E-state index in [1.54, 1.807) is 0 Å². The fourth-order valence-corrected chi connectivity index (χ4v) is 3.13. The van der Waals surface area contributed by atoms with E-state index in [1.807, 2.05) is 18.7 Å². The number of aromatic nitrogens is 1. The van der Waals surface area contributed by atoms with Gasteiger partial charge in [0.05, 0.1) is 11.8 Å². The molecule has 4 nitrogen and oxygen atoms in total. The number of thioether (sulfide) groups is 1. The van der Waals surface area contributed by atoms with E-state index in [0.29, 0.717) is 12.4 Å². The minimum absolute atomic E-state index is 0.187. The molecule has 0 unspecified atom stereocenters. The van der Waals surface area contributed by atoms with E-state index in [9.17, 15) is 9.18 Å². The van der Waals surface area contributed by atoms with Gasteiger partial charge in [-0.25, -0.2) is 9.37 Å². The third kappa shape index (κ3) is 3.83. The summed E-state index contributed by atoms with van der Waals surface area (Å²) >= 11 is 1.90. The van der Waals surface area contributed by atoms with Crippen LogP contribution in [0.2, 0.25) is 0 Å². The highest BCUT2D eigenvalue weighted by Crippen LogP contribution is 2.19. The Balaban J connectivity index is 2.10. The van der Waals surface area contributed by atoms with Crippen LogP contribution in [0.3, 0.4) is 0 Å². The molecule has 0 radical (unpaired) electrons. The molecule has 0 bridgehead atoms. The molecule has 1 aromatic heterocycles. The summed E-state index contributed by atoms with van der Waals surface area (Å²) in [6.45, 7) is 2.55. The van der Waals surface area contributed by atoms with Gasteiger partial charge in [-0.1, -0.05) is 0 Å². The smallest absolute Gasteiger partial charge is 0.255 e. The molecule has 104 valence electrons. The highest BCUT2D eigenvalue weighted by atomic mass is 32.2. The van der Waals surface area contributed by atoms with E-state index in [1.165, 1.54) is 6.07 Å². The first-order chi connectivity index (χ1) is 9.20. The molecule has 2 N–H and O–H groups in total. The van der Waals surface area contributed by atoms with Crippen molar-refractivity contribution in [3.8, 4) is 0 Å². The molecule has 0 aromatic carbocycles. The Morgan fingerprint density at radius 1 is 1.53 bits per heavy atom. The summed E-state index contributed by atoms with van der Waals surface area (Å²) in [5, 5.41) is 5.94. The summed E-state index contributed by atoms with van der Waals surface area (Å²) < 4.78 is 13.3. The number of anilines is 1. The maximum absolute atomic E-state index is 13.3. The van der Waals surface area contributed by atoms with Gasteiger partial charge in [-0.3, -0.25) is 4.79 Å². The van der Waals surface area contributed by atoms with Crippen LogP contribution in [0.5, 0.6) is 0 Å². The maximum Gasteiger partial charge on any atom is 0.255 e. The normalized spacial score (nSPS) is 16.1. The molecule has 19 heavy (non-hydrogen) atoms. The summed E-state index contributed by atoms with van der Waals surface area (Å²) in [6.07, 6.45) is 3.05. The molecule has 0 saturated carbocycles. The second kappa shape index (κ2) is 6.75. The first-order valence-electron chi connectivity index (χ1n) is 6.48. The topological polar surface area (TPSA) is 54.0 Å². The van der Waals surface area contributed by atoms with Crippen LogP contribution < -0.4 is 10.6 Å². The Bertz CT molecular complexity index is 450. The van der Waals surface area contributed by atoms with Crippen LogP contribution in [0.1, 0.15) is 30.1 Å². The minimum atomic E-state index is -0.494. The number of amides is 1. The predicted molar refractivity (Wildman–Crippen MR) is 76.2 cm³/mol. The molecule has 1 aliphatic rings. The molecule has 6 heteroatoms. The van der Waals surface area contributed by atoms with Gasteiger partial charge in [0.15, 0.2) is 0 Å². The fourth-order valence-electron chi connectivity index (χ4n) is 2.03. The van der Waals surface area contributed by atoms with E-state index in [2.05, 4.69) is 15.6 Å². The SMILES string of the molecule is CCNc1ncc(F)cc1C(=O)NC1CCSCC1. The van der Waals surface area contributed by atoms with E-state index in [0.717, 1.165) is 30.5 Å². The number of hydrogen-bond donors (Lipinski definition) is 2. The number of hydrogen-bond acceptors (Lipinski definition) is 4. The lowest BCUT2D eigenvalue weighted by Gasteiger charge is -2.23. The predicted octanol–water partition coefficient (Wildman–Crippen LogP) is 2.28. The van der Waals surface area contributed by atoms with Gasteiger partial charge >= 0.3 is 0 Å². The van der Waals surface area contributed by atoms with Crippen molar-refractivity contribution in [3.05, 3.63) is 23.6 Å². The molecule has 0 atom stereocenters. The second-order valence-corrected chi connectivity index (χ2v) is 5.66. The zero-order valence-electron chi connectivity index (χ0n) is 10.9. The average Bonchev–Trinajstić information content (AvgIpc) is 2.42. The van der Waals surface area contributed by atoms with E-state index < -0.39 is 5.82 Å². The number of halogens is 1. The Kier molecular flexibility index (Phi) is 5.01. The Morgan fingerprint density at radius 3 is 2.95 bits per heavy atom. The number of rotatable bonds is 4. The first-order valence-corrected chi connectivity index (χ1v) is 7.64. The zero-order valence-corrected chi connectivity index (χ0v) is 11.7. The summed E-state index contributed by atoms with van der Waals surface area (Å²) in [5.41, 5.74) is 0.278. The van der Waals surface area contributed by atoms with Gasteiger partial charge < -0.3 is 10.6 Å². The van der Waals surface area contributed by atoms with Crippen molar-refractivity contribution >= 4 is 23.5 Å². The molecule has 0 spiro atoms. The van der Waals surface area contributed by atoms with Crippen LogP contribution in [0.15, 0.2) is 12.3 Å². The van der Waals surface area contributed by atoms with E-state index in [4.69, 9.17) is 0 Å². The van der Waals surface area contributed by atoms with E-state index >= 15 is 0 Å². The molecule has 1 fully saturated rings. The van der Waals surface area contributed by atoms with Crippen LogP contribution in [0.4, 0.5) is 10.2 Å². The van der Waals surface area contributed by atoms with Crippen molar-refractivity contribution in [1.82, 2.24) is 10.3 Å². The van der Waals surface area contributed by atoms with Gasteiger partial charge in [0.2, 0.25) is 0 Å². The summed E-state index contributed by atoms with van der Waals surface area (Å²) in [6, 6.07) is 1.42. The number of nitrogens with zero attached hydrogens (tertiary/aromatic N) is 1. The Hall–Kier alpha value is -1.30.